The number of nitrogens with zero attached hydrogens (tertiary/aromatic N) is 6. The van der Waals surface area contributed by atoms with Crippen LogP contribution in [0.4, 0.5) is 0 Å². The van der Waals surface area contributed by atoms with E-state index in [2.05, 4.69) is 54.3 Å². The van der Waals surface area contributed by atoms with Crippen LogP contribution in [-0.4, -0.2) is 87.6 Å². The summed E-state index contributed by atoms with van der Waals surface area (Å²) in [4.78, 5) is 0. The maximum absolute atomic E-state index is 4.66. The Hall–Kier alpha value is -0.669. The first-order valence-electron chi connectivity index (χ1n) is 7.45. The Balaban J connectivity index is 0.00000192. The van der Waals surface area contributed by atoms with E-state index in [9.17, 15) is 0 Å². The molecule has 3 rings (SSSR count). The van der Waals surface area contributed by atoms with Gasteiger partial charge in [0.1, 0.15) is 0 Å². The zero-order valence-electron chi connectivity index (χ0n) is 14.0. The molecule has 3 aromatic heterocycles. The minimum absolute atomic E-state index is 0. The molecule has 0 saturated heterocycles. The van der Waals surface area contributed by atoms with Gasteiger partial charge in [-0.05, 0) is 59.7 Å². The molecule has 0 aliphatic rings. The molecule has 23 heavy (non-hydrogen) atoms. The molecule has 6 nitrogen and oxygen atoms in total. The third-order valence-electron chi connectivity index (χ3n) is 3.79. The van der Waals surface area contributed by atoms with Crippen LogP contribution < -0.4 is 0 Å². The molecular formula is C15H22BKN6. The monoisotopic (exact) mass is 336 g/mol. The zero-order chi connectivity index (χ0) is 16.0. The molecule has 3 aromatic rings. The van der Waals surface area contributed by atoms with E-state index in [1.165, 1.54) is 0 Å². The van der Waals surface area contributed by atoms with Crippen molar-refractivity contribution in [1.82, 2.24) is 29.1 Å². The van der Waals surface area contributed by atoms with Crippen LogP contribution in [0.25, 0.3) is 0 Å². The Morgan fingerprint density at radius 3 is 1.04 bits per heavy atom. The van der Waals surface area contributed by atoms with E-state index in [-0.39, 0.29) is 58.5 Å². The normalized spacial score (nSPS) is 10.7. The maximum atomic E-state index is 4.66. The number of hydrogen-bond donors (Lipinski definition) is 0. The molecule has 0 atom stereocenters. The summed E-state index contributed by atoms with van der Waals surface area (Å²) >= 11 is 0. The first-order valence-corrected chi connectivity index (χ1v) is 7.45. The van der Waals surface area contributed by atoms with Crippen LogP contribution in [0, 0.1) is 41.5 Å². The average Bonchev–Trinajstić information content (AvgIpc) is 3.02. The van der Waals surface area contributed by atoms with Crippen molar-refractivity contribution in [2.45, 2.75) is 41.5 Å². The van der Waals surface area contributed by atoms with Gasteiger partial charge in [-0.2, -0.15) is 15.3 Å². The zero-order valence-corrected chi connectivity index (χ0v) is 14.0. The van der Waals surface area contributed by atoms with E-state index in [4.69, 9.17) is 0 Å². The molecule has 0 aliphatic heterocycles. The van der Waals surface area contributed by atoms with Gasteiger partial charge in [0.05, 0.1) is 17.1 Å². The van der Waals surface area contributed by atoms with Gasteiger partial charge in [0.25, 0.3) is 0 Å². The van der Waals surface area contributed by atoms with E-state index >= 15 is 0 Å². The second kappa shape index (κ2) is 7.06. The van der Waals surface area contributed by atoms with Gasteiger partial charge in [0, 0.05) is 17.1 Å². The molecule has 0 fully saturated rings. The second-order valence-electron chi connectivity index (χ2n) is 5.96. The van der Waals surface area contributed by atoms with Crippen LogP contribution in [0.5, 0.6) is 0 Å². The third kappa shape index (κ3) is 3.56. The molecule has 0 radical (unpaired) electrons. The molecule has 8 heteroatoms. The summed E-state index contributed by atoms with van der Waals surface area (Å²) in [6.45, 7) is 12.2. The molecule has 0 aliphatic carbocycles. The fourth-order valence-electron chi connectivity index (χ4n) is 2.95. The van der Waals surface area contributed by atoms with Gasteiger partial charge < -0.3 is 0 Å². The van der Waals surface area contributed by atoms with E-state index < -0.39 is 0 Å². The van der Waals surface area contributed by atoms with Gasteiger partial charge in [0.15, 0.2) is 0 Å². The van der Waals surface area contributed by atoms with E-state index in [0.29, 0.717) is 0 Å². The van der Waals surface area contributed by atoms with E-state index in [0.717, 1.165) is 34.2 Å². The summed E-state index contributed by atoms with van der Waals surface area (Å²) in [5.74, 6) is 0. The van der Waals surface area contributed by atoms with Gasteiger partial charge in [-0.1, -0.05) is 0 Å². The van der Waals surface area contributed by atoms with Crippen LogP contribution in [-0.2, 0) is 0 Å². The standard InChI is InChI=1S/C15H21BN6.K.H/c1-10-7-13(4)20(17-10)16(21-14(5)8-11(2)18-21)22-15(6)9-12(3)19-22;;/h7-9H,1-6H3;;. The Morgan fingerprint density at radius 1 is 0.609 bits per heavy atom. The Kier molecular flexibility index (Phi) is 5.73. The summed E-state index contributed by atoms with van der Waals surface area (Å²) in [7, 11) is -0.226. The summed E-state index contributed by atoms with van der Waals surface area (Å²) in [6.07, 6.45) is 0. The summed E-state index contributed by atoms with van der Waals surface area (Å²) in [6, 6.07) is 6.22. The van der Waals surface area contributed by atoms with Crippen LogP contribution >= 0.6 is 0 Å². The van der Waals surface area contributed by atoms with E-state index in [1.54, 1.807) is 0 Å². The molecule has 116 valence electrons. The molecule has 0 bridgehead atoms. The summed E-state index contributed by atoms with van der Waals surface area (Å²) in [5.41, 5.74) is 6.23. The van der Waals surface area contributed by atoms with Crippen molar-refractivity contribution >= 4 is 58.5 Å². The Labute approximate surface area is 179 Å². The van der Waals surface area contributed by atoms with Crippen molar-refractivity contribution in [3.8, 4) is 0 Å². The molecular weight excluding hydrogens is 314 g/mol. The van der Waals surface area contributed by atoms with Gasteiger partial charge in [-0.15, -0.1) is 0 Å². The topological polar surface area (TPSA) is 53.5 Å². The predicted octanol–water partition coefficient (Wildman–Crippen LogP) is 1.41. The second-order valence-corrected chi connectivity index (χ2v) is 5.96. The molecule has 0 N–H and O–H groups in total. The average molecular weight is 336 g/mol. The van der Waals surface area contributed by atoms with Crippen molar-refractivity contribution in [2.24, 2.45) is 0 Å². The SMILES string of the molecule is Cc1cc(C)n(B(n2nc(C)cc2C)n2nc(C)cc2C)n1.[KH]. The Morgan fingerprint density at radius 2 is 0.870 bits per heavy atom. The number of aromatic nitrogens is 6. The molecule has 0 aromatic carbocycles. The number of hydrogen-bond acceptors (Lipinski definition) is 3. The van der Waals surface area contributed by atoms with Crippen molar-refractivity contribution < 1.29 is 0 Å². The fraction of sp³-hybridized carbons (Fsp3) is 0.400. The third-order valence-corrected chi connectivity index (χ3v) is 3.79. The Bertz CT molecular complexity index is 721. The molecule has 0 saturated carbocycles. The number of aryl methyl sites for hydroxylation is 6. The molecule has 0 amide bonds. The first kappa shape index (κ1) is 18.7. The molecule has 0 unspecified atom stereocenters. The fourth-order valence-corrected chi connectivity index (χ4v) is 2.95. The van der Waals surface area contributed by atoms with Crippen molar-refractivity contribution in [2.75, 3.05) is 0 Å². The van der Waals surface area contributed by atoms with Gasteiger partial charge >= 0.3 is 58.5 Å². The van der Waals surface area contributed by atoms with Crippen LogP contribution in [0.3, 0.4) is 0 Å². The van der Waals surface area contributed by atoms with Gasteiger partial charge in [0.2, 0.25) is 0 Å². The molecule has 3 heterocycles. The van der Waals surface area contributed by atoms with Crippen molar-refractivity contribution in [3.63, 3.8) is 0 Å². The van der Waals surface area contributed by atoms with Crippen LogP contribution in [0.2, 0.25) is 0 Å². The van der Waals surface area contributed by atoms with Gasteiger partial charge in [-0.3, -0.25) is 13.8 Å². The minimum atomic E-state index is -0.226. The van der Waals surface area contributed by atoms with Crippen LogP contribution in [0.15, 0.2) is 18.2 Å². The van der Waals surface area contributed by atoms with Crippen LogP contribution in [0.1, 0.15) is 34.2 Å². The summed E-state index contributed by atoms with van der Waals surface area (Å²) < 4.78 is 5.94. The van der Waals surface area contributed by atoms with E-state index in [1.807, 2.05) is 34.5 Å². The first-order chi connectivity index (χ1) is 10.4. The van der Waals surface area contributed by atoms with Crippen molar-refractivity contribution in [1.29, 1.82) is 0 Å². The number of rotatable bonds is 3. The van der Waals surface area contributed by atoms with Crippen molar-refractivity contribution in [3.05, 3.63) is 52.4 Å². The summed E-state index contributed by atoms with van der Waals surface area (Å²) in [5, 5.41) is 14.0. The quantitative estimate of drug-likeness (QED) is 0.680. The molecule has 0 spiro atoms. The van der Waals surface area contributed by atoms with Gasteiger partial charge in [-0.25, -0.2) is 0 Å². The predicted molar refractivity (Wildman–Crippen MR) is 94.2 cm³/mol.